The summed E-state index contributed by atoms with van der Waals surface area (Å²) in [5.74, 6) is 1.11. The molecule has 144 valence electrons. The van der Waals surface area contributed by atoms with Gasteiger partial charge in [-0.15, -0.1) is 0 Å². The molecule has 1 unspecified atom stereocenters. The molecule has 2 N–H and O–H groups in total. The molecule has 8 heteroatoms. The second kappa shape index (κ2) is 7.69. The number of methoxy groups -OCH3 is 1. The van der Waals surface area contributed by atoms with Crippen molar-refractivity contribution >= 4 is 16.9 Å². The van der Waals surface area contributed by atoms with E-state index in [1.54, 1.807) is 31.6 Å². The highest BCUT2D eigenvalue weighted by molar-refractivity contribution is 5.93. The van der Waals surface area contributed by atoms with E-state index >= 15 is 0 Å². The molecule has 0 aliphatic rings. The Labute approximate surface area is 161 Å². The fraction of sp³-hybridized carbons (Fsp3) is 0.250. The summed E-state index contributed by atoms with van der Waals surface area (Å²) in [6.07, 6.45) is 1.57. The van der Waals surface area contributed by atoms with E-state index in [9.17, 15) is 4.79 Å². The summed E-state index contributed by atoms with van der Waals surface area (Å²) >= 11 is 0. The number of nitrogens with zero attached hydrogens (tertiary/aromatic N) is 3. The summed E-state index contributed by atoms with van der Waals surface area (Å²) in [4.78, 5) is 17.4. The number of hydrogen-bond acceptors (Lipinski definition) is 5. The lowest BCUT2D eigenvalue weighted by atomic mass is 10.2. The molecule has 0 saturated carbocycles. The molecule has 0 radical (unpaired) electrons. The van der Waals surface area contributed by atoms with Gasteiger partial charge in [0.15, 0.2) is 11.5 Å². The van der Waals surface area contributed by atoms with Gasteiger partial charge in [-0.25, -0.2) is 4.98 Å². The molecule has 3 aromatic heterocycles. The number of benzene rings is 1. The number of nitrogens with one attached hydrogen (secondary N) is 2. The number of rotatable bonds is 7. The van der Waals surface area contributed by atoms with Crippen molar-refractivity contribution in [1.82, 2.24) is 25.1 Å². The van der Waals surface area contributed by atoms with Crippen LogP contribution in [0.15, 0.2) is 53.1 Å². The average molecular weight is 379 g/mol. The number of imidazole rings is 1. The van der Waals surface area contributed by atoms with Crippen LogP contribution in [0.25, 0.3) is 22.5 Å². The molecule has 0 spiro atoms. The molecule has 0 aliphatic heterocycles. The van der Waals surface area contributed by atoms with Gasteiger partial charge >= 0.3 is 0 Å². The number of aromatic amines is 1. The number of fused-ring (bicyclic) bond motifs is 1. The Kier molecular flexibility index (Phi) is 4.94. The molecule has 4 aromatic rings. The van der Waals surface area contributed by atoms with E-state index in [-0.39, 0.29) is 17.6 Å². The Bertz CT molecular complexity index is 1080. The monoisotopic (exact) mass is 379 g/mol. The van der Waals surface area contributed by atoms with Crippen LogP contribution in [0.4, 0.5) is 0 Å². The van der Waals surface area contributed by atoms with Crippen LogP contribution in [0.2, 0.25) is 0 Å². The smallest absolute Gasteiger partial charge is 0.272 e. The molecule has 0 bridgehead atoms. The third-order valence-corrected chi connectivity index (χ3v) is 4.54. The van der Waals surface area contributed by atoms with E-state index in [2.05, 4.69) is 20.1 Å². The maximum atomic E-state index is 12.7. The normalized spacial score (nSPS) is 12.4. The third kappa shape index (κ3) is 3.41. The lowest BCUT2D eigenvalue weighted by molar-refractivity contribution is 0.0932. The fourth-order valence-corrected chi connectivity index (χ4v) is 3.17. The number of carbonyl (C=O) groups is 1. The lowest BCUT2D eigenvalue weighted by Gasteiger charge is -2.15. The predicted molar refractivity (Wildman–Crippen MR) is 104 cm³/mol. The molecule has 28 heavy (non-hydrogen) atoms. The van der Waals surface area contributed by atoms with Crippen LogP contribution in [0.5, 0.6) is 0 Å². The van der Waals surface area contributed by atoms with E-state index < -0.39 is 0 Å². The molecule has 1 aromatic carbocycles. The van der Waals surface area contributed by atoms with E-state index in [1.807, 2.05) is 31.2 Å². The van der Waals surface area contributed by atoms with Crippen molar-refractivity contribution in [3.05, 3.63) is 60.2 Å². The maximum absolute atomic E-state index is 12.7. The van der Waals surface area contributed by atoms with Gasteiger partial charge in [0.2, 0.25) is 0 Å². The zero-order chi connectivity index (χ0) is 19.5. The van der Waals surface area contributed by atoms with Crippen molar-refractivity contribution in [2.75, 3.05) is 13.7 Å². The van der Waals surface area contributed by atoms with Crippen molar-refractivity contribution in [3.8, 4) is 11.5 Å². The summed E-state index contributed by atoms with van der Waals surface area (Å²) in [6.45, 7) is 3.11. The zero-order valence-corrected chi connectivity index (χ0v) is 15.7. The van der Waals surface area contributed by atoms with Gasteiger partial charge in [0.1, 0.15) is 11.5 Å². The summed E-state index contributed by atoms with van der Waals surface area (Å²) in [5.41, 5.74) is 2.83. The highest BCUT2D eigenvalue weighted by atomic mass is 16.5. The highest BCUT2D eigenvalue weighted by Gasteiger charge is 2.20. The molecular weight excluding hydrogens is 358 g/mol. The number of H-pyrrole nitrogens is 1. The average Bonchev–Trinajstić information content (AvgIpc) is 3.45. The van der Waals surface area contributed by atoms with Crippen molar-refractivity contribution in [1.29, 1.82) is 0 Å². The van der Waals surface area contributed by atoms with E-state index in [0.717, 1.165) is 16.9 Å². The quantitative estimate of drug-likeness (QED) is 0.514. The van der Waals surface area contributed by atoms with Gasteiger partial charge in [-0.2, -0.15) is 5.10 Å². The number of carbonyl (C=O) groups excluding carboxylic acids is 1. The zero-order valence-electron chi connectivity index (χ0n) is 15.7. The van der Waals surface area contributed by atoms with Crippen molar-refractivity contribution in [2.45, 2.75) is 19.5 Å². The van der Waals surface area contributed by atoms with Gasteiger partial charge in [-0.3, -0.25) is 9.89 Å². The van der Waals surface area contributed by atoms with E-state index in [0.29, 0.717) is 24.6 Å². The van der Waals surface area contributed by atoms with E-state index in [4.69, 9.17) is 14.1 Å². The molecule has 8 nitrogen and oxygen atoms in total. The molecule has 1 amide bonds. The van der Waals surface area contributed by atoms with Crippen molar-refractivity contribution < 1.29 is 13.9 Å². The Balaban J connectivity index is 1.56. The maximum Gasteiger partial charge on any atom is 0.272 e. The Morgan fingerprint density at radius 1 is 1.32 bits per heavy atom. The molecule has 0 fully saturated rings. The van der Waals surface area contributed by atoms with Crippen LogP contribution in [-0.4, -0.2) is 39.4 Å². The summed E-state index contributed by atoms with van der Waals surface area (Å²) in [6, 6.07) is 12.8. The molecule has 0 saturated heterocycles. The minimum atomic E-state index is -0.305. The number of ether oxygens (including phenoxy) is 1. The molecule has 1 atom stereocenters. The number of aromatic nitrogens is 4. The second-order valence-electron chi connectivity index (χ2n) is 6.44. The standard InChI is InChI=1S/C20H21N5O3/c1-13(19-22-14-6-3-4-7-17(14)25(19)9-11-27-2)21-20(26)16-12-15(23-24-16)18-8-5-10-28-18/h3-8,10,12-13H,9,11H2,1-2H3,(H,21,26)(H,23,24). The first-order valence-corrected chi connectivity index (χ1v) is 9.01. The summed E-state index contributed by atoms with van der Waals surface area (Å²) in [5, 5.41) is 9.88. The molecule has 3 heterocycles. The SMILES string of the molecule is COCCn1c(C(C)NC(=O)c2cc(-c3ccco3)[nH]n2)nc2ccccc21. The van der Waals surface area contributed by atoms with Gasteiger partial charge in [-0.1, -0.05) is 12.1 Å². The van der Waals surface area contributed by atoms with Gasteiger partial charge in [0.05, 0.1) is 29.9 Å². The van der Waals surface area contributed by atoms with E-state index in [1.165, 1.54) is 0 Å². The Morgan fingerprint density at radius 3 is 2.96 bits per heavy atom. The highest BCUT2D eigenvalue weighted by Crippen LogP contribution is 2.22. The van der Waals surface area contributed by atoms with Gasteiger partial charge in [0, 0.05) is 19.7 Å². The fourth-order valence-electron chi connectivity index (χ4n) is 3.17. The first-order chi connectivity index (χ1) is 13.7. The second-order valence-corrected chi connectivity index (χ2v) is 6.44. The Hall–Kier alpha value is -3.39. The van der Waals surface area contributed by atoms with Crippen molar-refractivity contribution in [3.63, 3.8) is 0 Å². The lowest BCUT2D eigenvalue weighted by Crippen LogP contribution is -2.29. The topological polar surface area (TPSA) is 98.0 Å². The minimum Gasteiger partial charge on any atom is -0.463 e. The first kappa shape index (κ1) is 18.0. The predicted octanol–water partition coefficient (Wildman–Crippen LogP) is 3.16. The summed E-state index contributed by atoms with van der Waals surface area (Å²) in [7, 11) is 1.66. The van der Waals surface area contributed by atoms with Crippen LogP contribution < -0.4 is 5.32 Å². The molecule has 0 aliphatic carbocycles. The van der Waals surface area contributed by atoms with Gasteiger partial charge in [-0.05, 0) is 31.2 Å². The number of para-hydroxylation sites is 2. The van der Waals surface area contributed by atoms with Crippen molar-refractivity contribution in [2.24, 2.45) is 0 Å². The first-order valence-electron chi connectivity index (χ1n) is 9.01. The third-order valence-electron chi connectivity index (χ3n) is 4.54. The van der Waals surface area contributed by atoms with Gasteiger partial charge < -0.3 is 19.0 Å². The largest absolute Gasteiger partial charge is 0.463 e. The number of furan rings is 1. The van der Waals surface area contributed by atoms with Crippen LogP contribution in [0.1, 0.15) is 29.3 Å². The Morgan fingerprint density at radius 2 is 2.18 bits per heavy atom. The van der Waals surface area contributed by atoms with Crippen LogP contribution >= 0.6 is 0 Å². The molecular formula is C20H21N5O3. The van der Waals surface area contributed by atoms with Crippen LogP contribution in [-0.2, 0) is 11.3 Å². The number of amides is 1. The minimum absolute atomic E-state index is 0.285. The summed E-state index contributed by atoms with van der Waals surface area (Å²) < 4.78 is 12.6. The number of hydrogen-bond donors (Lipinski definition) is 2. The van der Waals surface area contributed by atoms with Crippen LogP contribution in [0, 0.1) is 0 Å². The van der Waals surface area contributed by atoms with Gasteiger partial charge in [0.25, 0.3) is 5.91 Å². The molecule has 4 rings (SSSR count). The van der Waals surface area contributed by atoms with Crippen LogP contribution in [0.3, 0.4) is 0 Å².